The number of aromatic hydroxyl groups is 1. The van der Waals surface area contributed by atoms with Gasteiger partial charge in [-0.3, -0.25) is 9.59 Å². The minimum atomic E-state index is -0.816. The van der Waals surface area contributed by atoms with E-state index in [-0.39, 0.29) is 18.1 Å². The molecule has 2 N–H and O–H groups in total. The van der Waals surface area contributed by atoms with Crippen molar-refractivity contribution in [3.05, 3.63) is 65.2 Å². The first-order chi connectivity index (χ1) is 14.9. The van der Waals surface area contributed by atoms with Crippen LogP contribution in [-0.2, 0) is 32.0 Å². The fourth-order valence-corrected chi connectivity index (χ4v) is 3.99. The van der Waals surface area contributed by atoms with E-state index in [9.17, 15) is 19.5 Å². The molecule has 31 heavy (non-hydrogen) atoms. The molecule has 0 aromatic heterocycles. The van der Waals surface area contributed by atoms with Gasteiger partial charge in [0.2, 0.25) is 5.91 Å². The van der Waals surface area contributed by atoms with E-state index in [4.69, 9.17) is 4.74 Å². The molecule has 1 saturated carbocycles. The molecule has 0 saturated heterocycles. The van der Waals surface area contributed by atoms with Crippen molar-refractivity contribution in [3.8, 4) is 5.75 Å². The molecule has 0 spiro atoms. The first kappa shape index (κ1) is 22.5. The van der Waals surface area contributed by atoms with Crippen molar-refractivity contribution < 1.29 is 24.2 Å². The molecule has 0 aliphatic heterocycles. The van der Waals surface area contributed by atoms with E-state index in [1.165, 1.54) is 19.2 Å². The molecule has 6 nitrogen and oxygen atoms in total. The second-order valence-electron chi connectivity index (χ2n) is 8.27. The van der Waals surface area contributed by atoms with Crippen molar-refractivity contribution in [1.82, 2.24) is 5.32 Å². The van der Waals surface area contributed by atoms with Crippen molar-refractivity contribution in [2.45, 2.75) is 51.0 Å². The maximum absolute atomic E-state index is 12.8. The minimum absolute atomic E-state index is 0.138. The van der Waals surface area contributed by atoms with Crippen LogP contribution in [0.5, 0.6) is 5.75 Å². The molecule has 1 amide bonds. The van der Waals surface area contributed by atoms with Gasteiger partial charge in [-0.15, -0.1) is 0 Å². The summed E-state index contributed by atoms with van der Waals surface area (Å²) in [5.41, 5.74) is 2.82. The third-order valence-electron chi connectivity index (χ3n) is 5.92. The fraction of sp³-hybridized carbons (Fsp3) is 0.400. The first-order valence-electron chi connectivity index (χ1n) is 10.6. The number of ketones is 1. The lowest BCUT2D eigenvalue weighted by Gasteiger charge is -2.20. The maximum atomic E-state index is 12.8. The molecule has 2 aromatic rings. The number of hydrogen-bond acceptors (Lipinski definition) is 5. The maximum Gasteiger partial charge on any atom is 0.328 e. The van der Waals surface area contributed by atoms with Gasteiger partial charge in [-0.1, -0.05) is 36.4 Å². The summed E-state index contributed by atoms with van der Waals surface area (Å²) in [4.78, 5) is 36.5. The van der Waals surface area contributed by atoms with E-state index < -0.39 is 17.9 Å². The fourth-order valence-electron chi connectivity index (χ4n) is 3.99. The number of methoxy groups -OCH3 is 1. The first-order valence-corrected chi connectivity index (χ1v) is 10.6. The number of phenolic OH excluding ortho intramolecular Hbond substituents is 1. The Kier molecular flexibility index (Phi) is 7.45. The zero-order valence-corrected chi connectivity index (χ0v) is 18.0. The molecule has 3 rings (SSSR count). The lowest BCUT2D eigenvalue weighted by molar-refractivity contribution is -0.145. The normalized spacial score (nSPS) is 17.7. The zero-order valence-electron chi connectivity index (χ0n) is 18.0. The van der Waals surface area contributed by atoms with E-state index in [1.807, 2.05) is 24.3 Å². The van der Waals surface area contributed by atoms with Crippen LogP contribution in [0.15, 0.2) is 48.5 Å². The van der Waals surface area contributed by atoms with E-state index >= 15 is 0 Å². The van der Waals surface area contributed by atoms with Crippen molar-refractivity contribution in [2.75, 3.05) is 7.11 Å². The Balaban J connectivity index is 1.62. The summed E-state index contributed by atoms with van der Waals surface area (Å²) in [6.45, 7) is 1.80. The number of nitrogens with one attached hydrogen (secondary N) is 1. The van der Waals surface area contributed by atoms with Gasteiger partial charge in [0.25, 0.3) is 0 Å². The lowest BCUT2D eigenvalue weighted by Crippen LogP contribution is -2.44. The van der Waals surface area contributed by atoms with Crippen molar-refractivity contribution >= 4 is 17.7 Å². The smallest absolute Gasteiger partial charge is 0.328 e. The average molecular weight is 424 g/mol. The Hall–Kier alpha value is -3.15. The largest absolute Gasteiger partial charge is 0.508 e. The van der Waals surface area contributed by atoms with Crippen LogP contribution in [0.1, 0.15) is 48.8 Å². The van der Waals surface area contributed by atoms with Crippen LogP contribution in [-0.4, -0.2) is 35.9 Å². The summed E-state index contributed by atoms with van der Waals surface area (Å²) in [5.74, 6) is -0.314. The van der Waals surface area contributed by atoms with Crippen LogP contribution >= 0.6 is 0 Å². The molecule has 2 unspecified atom stereocenters. The number of ether oxygens (including phenoxy) is 1. The third kappa shape index (κ3) is 6.17. The third-order valence-corrected chi connectivity index (χ3v) is 5.92. The number of amides is 1. The van der Waals surface area contributed by atoms with Gasteiger partial charge in [0.1, 0.15) is 17.6 Å². The molecule has 2 aromatic carbocycles. The standard InChI is InChI=1S/C25H29NO5/c1-16(20-8-3-17(4-9-20)13-19-7-12-22(28)14-19)24(29)26-23(25(30)31-2)15-18-5-10-21(27)11-6-18/h3-6,8-11,16,19,23,27H,7,12-15H2,1-2H3,(H,26,29)/t16?,19?,23-/m0/s1. The summed E-state index contributed by atoms with van der Waals surface area (Å²) >= 11 is 0. The predicted octanol–water partition coefficient (Wildman–Crippen LogP) is 3.31. The highest BCUT2D eigenvalue weighted by Gasteiger charge is 2.26. The zero-order chi connectivity index (χ0) is 22.4. The molecule has 3 atom stereocenters. The summed E-state index contributed by atoms with van der Waals surface area (Å²) in [7, 11) is 1.29. The van der Waals surface area contributed by atoms with Gasteiger partial charge in [0, 0.05) is 19.3 Å². The van der Waals surface area contributed by atoms with Gasteiger partial charge in [-0.2, -0.15) is 0 Å². The number of rotatable bonds is 8. The summed E-state index contributed by atoms with van der Waals surface area (Å²) in [5, 5.41) is 12.2. The molecule has 0 bridgehead atoms. The molecular formula is C25H29NO5. The summed E-state index contributed by atoms with van der Waals surface area (Å²) in [6, 6.07) is 13.6. The summed E-state index contributed by atoms with van der Waals surface area (Å²) in [6.07, 6.45) is 3.45. The number of hydrogen-bond donors (Lipinski definition) is 2. The monoisotopic (exact) mass is 423 g/mol. The lowest BCUT2D eigenvalue weighted by atomic mass is 9.94. The SMILES string of the molecule is COC(=O)[C@H](Cc1ccc(O)cc1)NC(=O)C(C)c1ccc(CC2CCC(=O)C2)cc1. The number of benzene rings is 2. The second-order valence-corrected chi connectivity index (χ2v) is 8.27. The van der Waals surface area contributed by atoms with Crippen LogP contribution in [0.4, 0.5) is 0 Å². The molecule has 0 heterocycles. The quantitative estimate of drug-likeness (QED) is 0.636. The van der Waals surface area contributed by atoms with Gasteiger partial charge >= 0.3 is 5.97 Å². The average Bonchev–Trinajstić information content (AvgIpc) is 3.18. The molecule has 164 valence electrons. The van der Waals surface area contributed by atoms with Gasteiger partial charge in [0.05, 0.1) is 13.0 Å². The molecule has 1 aliphatic rings. The van der Waals surface area contributed by atoms with Crippen LogP contribution < -0.4 is 5.32 Å². The number of esters is 1. The summed E-state index contributed by atoms with van der Waals surface area (Å²) < 4.78 is 4.85. The van der Waals surface area contributed by atoms with Crippen molar-refractivity contribution in [3.63, 3.8) is 0 Å². The van der Waals surface area contributed by atoms with Gasteiger partial charge in [0.15, 0.2) is 0 Å². The Labute approximate surface area is 182 Å². The highest BCUT2D eigenvalue weighted by Crippen LogP contribution is 2.26. The van der Waals surface area contributed by atoms with Crippen molar-refractivity contribution in [1.29, 1.82) is 0 Å². The Bertz CT molecular complexity index is 920. The van der Waals surface area contributed by atoms with Crippen LogP contribution in [0.2, 0.25) is 0 Å². The topological polar surface area (TPSA) is 92.7 Å². The molecule has 1 aliphatic carbocycles. The Morgan fingerprint density at radius 1 is 1.10 bits per heavy atom. The van der Waals surface area contributed by atoms with Gasteiger partial charge in [-0.25, -0.2) is 4.79 Å². The number of carbonyl (C=O) groups is 3. The van der Waals surface area contributed by atoms with E-state index in [1.54, 1.807) is 19.1 Å². The van der Waals surface area contributed by atoms with Crippen LogP contribution in [0, 0.1) is 5.92 Å². The molecular weight excluding hydrogens is 394 g/mol. The Morgan fingerprint density at radius 2 is 1.74 bits per heavy atom. The molecule has 0 radical (unpaired) electrons. The van der Waals surface area contributed by atoms with Crippen molar-refractivity contribution in [2.24, 2.45) is 5.92 Å². The highest BCUT2D eigenvalue weighted by molar-refractivity contribution is 5.88. The van der Waals surface area contributed by atoms with E-state index in [2.05, 4.69) is 5.32 Å². The molecule has 6 heteroatoms. The highest BCUT2D eigenvalue weighted by atomic mass is 16.5. The number of carbonyl (C=O) groups excluding carboxylic acids is 3. The number of phenols is 1. The Morgan fingerprint density at radius 3 is 2.32 bits per heavy atom. The van der Waals surface area contributed by atoms with Gasteiger partial charge in [-0.05, 0) is 54.5 Å². The number of Topliss-reactive ketones (excluding diaryl/α,β-unsaturated/α-hetero) is 1. The van der Waals surface area contributed by atoms with Crippen LogP contribution in [0.25, 0.3) is 0 Å². The van der Waals surface area contributed by atoms with Crippen LogP contribution in [0.3, 0.4) is 0 Å². The van der Waals surface area contributed by atoms with Gasteiger partial charge < -0.3 is 15.2 Å². The molecule has 1 fully saturated rings. The second kappa shape index (κ2) is 10.2. The van der Waals surface area contributed by atoms with E-state index in [0.29, 0.717) is 24.5 Å². The predicted molar refractivity (Wildman–Crippen MR) is 117 cm³/mol. The van der Waals surface area contributed by atoms with E-state index in [0.717, 1.165) is 29.5 Å². The minimum Gasteiger partial charge on any atom is -0.508 e.